The summed E-state index contributed by atoms with van der Waals surface area (Å²) in [6, 6.07) is 2.65. The molecule has 2 aliphatic rings. The lowest BCUT2D eigenvalue weighted by Gasteiger charge is -2.25. The number of rotatable bonds is 4. The van der Waals surface area contributed by atoms with Gasteiger partial charge in [-0.2, -0.15) is 9.40 Å². The quantitative estimate of drug-likeness (QED) is 0.888. The first-order valence-electron chi connectivity index (χ1n) is 7.26. The van der Waals surface area contributed by atoms with Crippen molar-refractivity contribution in [2.75, 3.05) is 12.8 Å². The van der Waals surface area contributed by atoms with Crippen LogP contribution in [0.1, 0.15) is 37.1 Å². The van der Waals surface area contributed by atoms with E-state index >= 15 is 0 Å². The maximum absolute atomic E-state index is 11.6. The molecule has 3 rings (SSSR count). The molecule has 1 fully saturated rings. The molecule has 1 N–H and O–H groups in total. The molecule has 1 saturated carbocycles. The Hall–Kier alpha value is -0.920. The molecule has 1 aromatic rings. The minimum Gasteiger partial charge on any atom is -0.308 e. The largest absolute Gasteiger partial charge is 0.308 e. The van der Waals surface area contributed by atoms with Crippen LogP contribution < -0.4 is 5.32 Å². The van der Waals surface area contributed by atoms with E-state index < -0.39 is 10.0 Å². The minimum absolute atomic E-state index is 0.440. The van der Waals surface area contributed by atoms with Crippen LogP contribution in [0.15, 0.2) is 6.07 Å². The minimum atomic E-state index is -3.11. The normalized spacial score (nSPS) is 21.2. The topological polar surface area (TPSA) is 67.2 Å². The molecule has 0 spiro atoms. The average molecular weight is 298 g/mol. The Balaban J connectivity index is 1.64. The molecule has 2 heterocycles. The SMILES string of the molecule is CS(=O)(=O)N1CCn2nc(CNC3CCCC3)cc2C1. The molecule has 0 atom stereocenters. The Bertz CT molecular complexity index is 575. The van der Waals surface area contributed by atoms with Crippen molar-refractivity contribution in [2.24, 2.45) is 0 Å². The summed E-state index contributed by atoms with van der Waals surface area (Å²) in [6.45, 7) is 2.38. The highest BCUT2D eigenvalue weighted by Crippen LogP contribution is 2.19. The molecule has 7 heteroatoms. The molecule has 1 aliphatic heterocycles. The summed E-state index contributed by atoms with van der Waals surface area (Å²) in [7, 11) is -3.11. The Morgan fingerprint density at radius 2 is 2.10 bits per heavy atom. The summed E-state index contributed by atoms with van der Waals surface area (Å²) in [4.78, 5) is 0. The van der Waals surface area contributed by atoms with Crippen LogP contribution in [0.25, 0.3) is 0 Å². The van der Waals surface area contributed by atoms with Crippen LogP contribution >= 0.6 is 0 Å². The van der Waals surface area contributed by atoms with Crippen molar-refractivity contribution in [1.82, 2.24) is 19.4 Å². The van der Waals surface area contributed by atoms with Crippen LogP contribution in [0.4, 0.5) is 0 Å². The smallest absolute Gasteiger partial charge is 0.211 e. The highest BCUT2D eigenvalue weighted by molar-refractivity contribution is 7.88. The van der Waals surface area contributed by atoms with Crippen molar-refractivity contribution < 1.29 is 8.42 Å². The van der Waals surface area contributed by atoms with Crippen LogP contribution in [-0.2, 0) is 29.7 Å². The van der Waals surface area contributed by atoms with Crippen LogP contribution in [0.3, 0.4) is 0 Å². The zero-order valence-corrected chi connectivity index (χ0v) is 12.7. The highest BCUT2D eigenvalue weighted by atomic mass is 32.2. The summed E-state index contributed by atoms with van der Waals surface area (Å²) in [6.07, 6.45) is 6.42. The first-order valence-corrected chi connectivity index (χ1v) is 9.11. The number of hydrogen-bond acceptors (Lipinski definition) is 4. The lowest BCUT2D eigenvalue weighted by atomic mass is 10.2. The molecule has 112 valence electrons. The van der Waals surface area contributed by atoms with E-state index in [-0.39, 0.29) is 0 Å². The van der Waals surface area contributed by atoms with Crippen molar-refractivity contribution in [3.63, 3.8) is 0 Å². The molecule has 0 amide bonds. The molecular weight excluding hydrogens is 276 g/mol. The van der Waals surface area contributed by atoms with Crippen molar-refractivity contribution >= 4 is 10.0 Å². The lowest BCUT2D eigenvalue weighted by Crippen LogP contribution is -2.37. The van der Waals surface area contributed by atoms with Crippen LogP contribution in [0, 0.1) is 0 Å². The van der Waals surface area contributed by atoms with Gasteiger partial charge in [0.1, 0.15) is 0 Å². The molecule has 0 unspecified atom stereocenters. The lowest BCUT2D eigenvalue weighted by molar-refractivity contribution is 0.328. The van der Waals surface area contributed by atoms with E-state index in [0.29, 0.717) is 25.7 Å². The summed E-state index contributed by atoms with van der Waals surface area (Å²) in [5, 5.41) is 8.10. The Kier molecular flexibility index (Phi) is 3.83. The average Bonchev–Trinajstić information content (AvgIpc) is 3.03. The fraction of sp³-hybridized carbons (Fsp3) is 0.769. The number of nitrogens with one attached hydrogen (secondary N) is 1. The van der Waals surface area contributed by atoms with Gasteiger partial charge in [-0.25, -0.2) is 8.42 Å². The van der Waals surface area contributed by atoms with Gasteiger partial charge in [0.2, 0.25) is 10.0 Å². The molecule has 1 aliphatic carbocycles. The Morgan fingerprint density at radius 3 is 2.80 bits per heavy atom. The van der Waals surface area contributed by atoms with Crippen LogP contribution in [0.5, 0.6) is 0 Å². The third-order valence-electron chi connectivity index (χ3n) is 4.21. The second-order valence-electron chi connectivity index (χ2n) is 5.81. The van der Waals surface area contributed by atoms with Crippen LogP contribution in [0.2, 0.25) is 0 Å². The van der Waals surface area contributed by atoms with Gasteiger partial charge < -0.3 is 5.32 Å². The zero-order chi connectivity index (χ0) is 14.2. The molecule has 1 aromatic heterocycles. The van der Waals surface area contributed by atoms with Crippen molar-refractivity contribution in [1.29, 1.82) is 0 Å². The molecule has 0 bridgehead atoms. The van der Waals surface area contributed by atoms with Crippen molar-refractivity contribution in [3.05, 3.63) is 17.5 Å². The summed E-state index contributed by atoms with van der Waals surface area (Å²) >= 11 is 0. The van der Waals surface area contributed by atoms with Gasteiger partial charge >= 0.3 is 0 Å². The van der Waals surface area contributed by atoms with Gasteiger partial charge in [-0.1, -0.05) is 12.8 Å². The summed E-state index contributed by atoms with van der Waals surface area (Å²) in [5.74, 6) is 0. The van der Waals surface area contributed by atoms with E-state index in [0.717, 1.165) is 17.9 Å². The number of aromatic nitrogens is 2. The van der Waals surface area contributed by atoms with E-state index in [2.05, 4.69) is 10.4 Å². The number of hydrogen-bond donors (Lipinski definition) is 1. The van der Waals surface area contributed by atoms with Gasteiger partial charge in [0.25, 0.3) is 0 Å². The monoisotopic (exact) mass is 298 g/mol. The molecule has 0 aromatic carbocycles. The first-order chi connectivity index (χ1) is 9.52. The number of sulfonamides is 1. The van der Waals surface area contributed by atoms with E-state index in [1.54, 1.807) is 0 Å². The van der Waals surface area contributed by atoms with Gasteiger partial charge in [-0.05, 0) is 18.9 Å². The Labute approximate surface area is 120 Å². The predicted octanol–water partition coefficient (Wildman–Crippen LogP) is 0.690. The molecule has 0 saturated heterocycles. The summed E-state index contributed by atoms with van der Waals surface area (Å²) in [5.41, 5.74) is 2.01. The maximum Gasteiger partial charge on any atom is 0.211 e. The van der Waals surface area contributed by atoms with E-state index in [1.807, 2.05) is 10.7 Å². The van der Waals surface area contributed by atoms with Gasteiger partial charge in [0.05, 0.1) is 30.7 Å². The van der Waals surface area contributed by atoms with E-state index in [1.165, 1.54) is 36.2 Å². The fourth-order valence-electron chi connectivity index (χ4n) is 3.05. The standard InChI is InChI=1S/C13H22N4O2S/c1-20(18,19)16-6-7-17-13(10-16)8-12(15-17)9-14-11-4-2-3-5-11/h8,11,14H,2-7,9-10H2,1H3. The first kappa shape index (κ1) is 14.0. The van der Waals surface area contributed by atoms with Gasteiger partial charge in [-0.15, -0.1) is 0 Å². The van der Waals surface area contributed by atoms with E-state index in [4.69, 9.17) is 0 Å². The molecule has 6 nitrogen and oxygen atoms in total. The highest BCUT2D eigenvalue weighted by Gasteiger charge is 2.24. The van der Waals surface area contributed by atoms with Gasteiger partial charge in [0, 0.05) is 19.1 Å². The predicted molar refractivity (Wildman–Crippen MR) is 76.6 cm³/mol. The zero-order valence-electron chi connectivity index (χ0n) is 11.9. The van der Waals surface area contributed by atoms with Gasteiger partial charge in [0.15, 0.2) is 0 Å². The second-order valence-corrected chi connectivity index (χ2v) is 7.79. The van der Waals surface area contributed by atoms with Gasteiger partial charge in [-0.3, -0.25) is 4.68 Å². The third kappa shape index (κ3) is 3.05. The van der Waals surface area contributed by atoms with Crippen molar-refractivity contribution in [2.45, 2.75) is 51.4 Å². The molecular formula is C13H22N4O2S. The molecule has 0 radical (unpaired) electrons. The maximum atomic E-state index is 11.6. The second kappa shape index (κ2) is 5.46. The Morgan fingerprint density at radius 1 is 1.35 bits per heavy atom. The number of nitrogens with zero attached hydrogens (tertiary/aromatic N) is 3. The number of fused-ring (bicyclic) bond motifs is 1. The third-order valence-corrected chi connectivity index (χ3v) is 5.46. The summed E-state index contributed by atoms with van der Waals surface area (Å²) < 4.78 is 26.6. The van der Waals surface area contributed by atoms with Crippen LogP contribution in [-0.4, -0.2) is 41.3 Å². The molecule has 20 heavy (non-hydrogen) atoms. The van der Waals surface area contributed by atoms with Crippen molar-refractivity contribution in [3.8, 4) is 0 Å². The van der Waals surface area contributed by atoms with E-state index in [9.17, 15) is 8.42 Å². The fourth-order valence-corrected chi connectivity index (χ4v) is 3.83.